The number of thioether (sulfide) groups is 1. The van der Waals surface area contributed by atoms with E-state index in [4.69, 9.17) is 4.74 Å². The first kappa shape index (κ1) is 21.6. The molecule has 0 bridgehead atoms. The fraction of sp³-hybridized carbons (Fsp3) is 0.273. The van der Waals surface area contributed by atoms with Gasteiger partial charge in [-0.1, -0.05) is 32.9 Å². The lowest BCUT2D eigenvalue weighted by Gasteiger charge is -2.19. The first-order valence-electron chi connectivity index (χ1n) is 9.61. The van der Waals surface area contributed by atoms with Crippen molar-refractivity contribution in [1.29, 1.82) is 0 Å². The van der Waals surface area contributed by atoms with Crippen LogP contribution in [0.25, 0.3) is 5.57 Å². The van der Waals surface area contributed by atoms with Gasteiger partial charge in [-0.05, 0) is 36.2 Å². The number of ether oxygens (including phenoxy) is 1. The second kappa shape index (κ2) is 9.13. The quantitative estimate of drug-likeness (QED) is 0.342. The number of hydrogen-bond acceptors (Lipinski definition) is 6. The maximum atomic E-state index is 13.4. The predicted octanol–water partition coefficient (Wildman–Crippen LogP) is 4.81. The number of rotatable bonds is 8. The first-order valence-corrected chi connectivity index (χ1v) is 10.5. The van der Waals surface area contributed by atoms with Crippen molar-refractivity contribution in [3.05, 3.63) is 69.1 Å². The van der Waals surface area contributed by atoms with Crippen LogP contribution in [0.4, 0.5) is 11.4 Å². The van der Waals surface area contributed by atoms with Gasteiger partial charge in [0.15, 0.2) is 0 Å². The Balaban J connectivity index is 2.07. The predicted molar refractivity (Wildman–Crippen MR) is 117 cm³/mol. The fourth-order valence-corrected chi connectivity index (χ4v) is 4.04. The topological polar surface area (TPSA) is 89.8 Å². The molecule has 0 atom stereocenters. The highest BCUT2D eigenvalue weighted by atomic mass is 32.2. The van der Waals surface area contributed by atoms with Gasteiger partial charge in [-0.2, -0.15) is 0 Å². The molecule has 30 heavy (non-hydrogen) atoms. The molecule has 0 saturated heterocycles. The van der Waals surface area contributed by atoms with Gasteiger partial charge in [0.05, 0.1) is 27.7 Å². The molecule has 0 aromatic heterocycles. The number of benzene rings is 2. The third kappa shape index (κ3) is 4.23. The molecule has 0 fully saturated rings. The number of anilines is 1. The molecule has 7 nitrogen and oxygen atoms in total. The van der Waals surface area contributed by atoms with E-state index in [0.29, 0.717) is 28.5 Å². The second-order valence-corrected chi connectivity index (χ2v) is 8.52. The Bertz CT molecular complexity index is 1010. The van der Waals surface area contributed by atoms with E-state index in [-0.39, 0.29) is 16.5 Å². The molecule has 1 aliphatic heterocycles. The SMILES string of the molecule is CCCOc1ccccc1N1C(=O)C(SC(C)C)=C(c2ccc([N+](=O)[O-])cc2)C1=O. The molecule has 2 aromatic carbocycles. The molecule has 0 N–H and O–H groups in total. The van der Waals surface area contributed by atoms with Gasteiger partial charge in [-0.25, -0.2) is 4.90 Å². The maximum absolute atomic E-state index is 13.4. The third-order valence-corrected chi connectivity index (χ3v) is 5.42. The minimum atomic E-state index is -0.503. The Hall–Kier alpha value is -3.13. The zero-order valence-electron chi connectivity index (χ0n) is 17.0. The average molecular weight is 426 g/mol. The summed E-state index contributed by atoms with van der Waals surface area (Å²) >= 11 is 1.30. The molecule has 0 unspecified atom stereocenters. The molecule has 156 valence electrons. The molecule has 2 amide bonds. The minimum Gasteiger partial charge on any atom is -0.491 e. The minimum absolute atomic E-state index is 0.0660. The zero-order valence-corrected chi connectivity index (χ0v) is 17.8. The van der Waals surface area contributed by atoms with Crippen molar-refractivity contribution < 1.29 is 19.2 Å². The first-order chi connectivity index (χ1) is 14.3. The van der Waals surface area contributed by atoms with Crippen LogP contribution in [0, 0.1) is 10.1 Å². The van der Waals surface area contributed by atoms with Crippen LogP contribution < -0.4 is 9.64 Å². The number of imide groups is 1. The molecule has 3 rings (SSSR count). The summed E-state index contributed by atoms with van der Waals surface area (Å²) in [7, 11) is 0. The van der Waals surface area contributed by atoms with E-state index in [1.165, 1.54) is 36.0 Å². The monoisotopic (exact) mass is 426 g/mol. The molecule has 1 aliphatic rings. The van der Waals surface area contributed by atoms with Crippen LogP contribution in [-0.2, 0) is 9.59 Å². The summed E-state index contributed by atoms with van der Waals surface area (Å²) in [5.74, 6) is -0.427. The largest absolute Gasteiger partial charge is 0.491 e. The van der Waals surface area contributed by atoms with E-state index in [0.717, 1.165) is 11.3 Å². The molecular weight excluding hydrogens is 404 g/mol. The average Bonchev–Trinajstić information content (AvgIpc) is 2.95. The summed E-state index contributed by atoms with van der Waals surface area (Å²) in [5, 5.41) is 11.0. The number of nitro groups is 1. The molecule has 0 aliphatic carbocycles. The molecule has 0 saturated carbocycles. The normalized spacial score (nSPS) is 14.1. The number of carbonyl (C=O) groups is 2. The summed E-state index contributed by atoms with van der Waals surface area (Å²) < 4.78 is 5.75. The smallest absolute Gasteiger partial charge is 0.272 e. The van der Waals surface area contributed by atoms with Crippen LogP contribution in [0.3, 0.4) is 0 Å². The van der Waals surface area contributed by atoms with Crippen molar-refractivity contribution in [2.75, 3.05) is 11.5 Å². The van der Waals surface area contributed by atoms with Gasteiger partial charge in [0, 0.05) is 17.4 Å². The van der Waals surface area contributed by atoms with Crippen LogP contribution >= 0.6 is 11.8 Å². The fourth-order valence-electron chi connectivity index (χ4n) is 3.05. The van der Waals surface area contributed by atoms with Gasteiger partial charge < -0.3 is 4.74 Å². The Labute approximate surface area is 178 Å². The number of para-hydroxylation sites is 2. The number of hydrogen-bond donors (Lipinski definition) is 0. The van der Waals surface area contributed by atoms with Crippen molar-refractivity contribution in [2.24, 2.45) is 0 Å². The summed E-state index contributed by atoms with van der Waals surface area (Å²) in [6.45, 7) is 6.30. The van der Waals surface area contributed by atoms with Gasteiger partial charge in [0.1, 0.15) is 5.75 Å². The lowest BCUT2D eigenvalue weighted by molar-refractivity contribution is -0.384. The van der Waals surface area contributed by atoms with Crippen LogP contribution in [0.2, 0.25) is 0 Å². The van der Waals surface area contributed by atoms with Gasteiger partial charge in [0.2, 0.25) is 0 Å². The van der Waals surface area contributed by atoms with Crippen LogP contribution in [-0.4, -0.2) is 28.6 Å². The highest BCUT2D eigenvalue weighted by molar-refractivity contribution is 8.04. The number of non-ortho nitro benzene ring substituents is 1. The number of carbonyl (C=O) groups excluding carboxylic acids is 2. The molecule has 0 spiro atoms. The van der Waals surface area contributed by atoms with Crippen molar-refractivity contribution in [3.63, 3.8) is 0 Å². The number of amides is 2. The summed E-state index contributed by atoms with van der Waals surface area (Å²) in [5.41, 5.74) is 1.03. The molecule has 0 radical (unpaired) electrons. The Kier molecular flexibility index (Phi) is 6.56. The Morgan fingerprint density at radius 2 is 1.73 bits per heavy atom. The van der Waals surface area contributed by atoms with Gasteiger partial charge >= 0.3 is 0 Å². The summed E-state index contributed by atoms with van der Waals surface area (Å²) in [6, 6.07) is 12.6. The van der Waals surface area contributed by atoms with E-state index in [1.807, 2.05) is 20.8 Å². The highest BCUT2D eigenvalue weighted by Gasteiger charge is 2.41. The van der Waals surface area contributed by atoms with Crippen LogP contribution in [0.15, 0.2) is 53.4 Å². The standard InChI is InChI=1S/C22H22N2O5S/c1-4-13-29-18-8-6-5-7-17(18)23-21(25)19(20(22(23)26)30-14(2)3)15-9-11-16(12-10-15)24(27)28/h5-12,14H,4,13H2,1-3H3. The molecular formula is C22H22N2O5S. The van der Waals surface area contributed by atoms with Crippen molar-refractivity contribution in [2.45, 2.75) is 32.4 Å². The lowest BCUT2D eigenvalue weighted by atomic mass is 10.1. The third-order valence-electron chi connectivity index (χ3n) is 4.33. The van der Waals surface area contributed by atoms with Crippen molar-refractivity contribution in [3.8, 4) is 5.75 Å². The van der Waals surface area contributed by atoms with E-state index < -0.39 is 16.7 Å². The molecule has 8 heteroatoms. The van der Waals surface area contributed by atoms with Gasteiger partial charge in [0.25, 0.3) is 17.5 Å². The number of nitrogens with zero attached hydrogens (tertiary/aromatic N) is 2. The van der Waals surface area contributed by atoms with E-state index in [2.05, 4.69) is 0 Å². The van der Waals surface area contributed by atoms with Crippen molar-refractivity contribution in [1.82, 2.24) is 0 Å². The lowest BCUT2D eigenvalue weighted by Crippen LogP contribution is -2.31. The molecule has 2 aromatic rings. The van der Waals surface area contributed by atoms with E-state index in [9.17, 15) is 19.7 Å². The van der Waals surface area contributed by atoms with Crippen LogP contribution in [0.1, 0.15) is 32.8 Å². The van der Waals surface area contributed by atoms with Crippen molar-refractivity contribution >= 4 is 40.5 Å². The summed E-state index contributed by atoms with van der Waals surface area (Å²) in [4.78, 5) is 38.6. The van der Waals surface area contributed by atoms with Crippen LogP contribution in [0.5, 0.6) is 5.75 Å². The maximum Gasteiger partial charge on any atom is 0.272 e. The van der Waals surface area contributed by atoms with Gasteiger partial charge in [-0.3, -0.25) is 19.7 Å². The second-order valence-electron chi connectivity index (χ2n) is 6.94. The van der Waals surface area contributed by atoms with Gasteiger partial charge in [-0.15, -0.1) is 11.8 Å². The highest BCUT2D eigenvalue weighted by Crippen LogP contribution is 2.42. The Morgan fingerprint density at radius 3 is 2.33 bits per heavy atom. The summed E-state index contributed by atoms with van der Waals surface area (Å²) in [6.07, 6.45) is 0.789. The zero-order chi connectivity index (χ0) is 21.8. The van der Waals surface area contributed by atoms with E-state index in [1.54, 1.807) is 24.3 Å². The van der Waals surface area contributed by atoms with E-state index >= 15 is 0 Å². The number of nitro benzene ring substituents is 1. The Morgan fingerprint density at radius 1 is 1.07 bits per heavy atom. The molecule has 1 heterocycles.